The summed E-state index contributed by atoms with van der Waals surface area (Å²) in [7, 11) is 0. The van der Waals surface area contributed by atoms with E-state index in [0.29, 0.717) is 12.1 Å². The van der Waals surface area contributed by atoms with Crippen LogP contribution in [0.3, 0.4) is 0 Å². The zero-order chi connectivity index (χ0) is 17.0. The maximum atomic E-state index is 12.8. The smallest absolute Gasteiger partial charge is 0.251 e. The highest BCUT2D eigenvalue weighted by Crippen LogP contribution is 2.24. The van der Waals surface area contributed by atoms with E-state index in [1.165, 1.54) is 24.3 Å². The van der Waals surface area contributed by atoms with Crippen LogP contribution in [-0.4, -0.2) is 17.4 Å². The third kappa shape index (κ3) is 4.65. The summed E-state index contributed by atoms with van der Waals surface area (Å²) >= 11 is 0. The average Bonchev–Trinajstić information content (AvgIpc) is 2.85. The second-order valence-electron chi connectivity index (χ2n) is 6.64. The van der Waals surface area contributed by atoms with E-state index in [1.54, 1.807) is 0 Å². The van der Waals surface area contributed by atoms with Gasteiger partial charge in [0, 0.05) is 23.9 Å². The summed E-state index contributed by atoms with van der Waals surface area (Å²) in [4.78, 5) is 16.4. The first-order chi connectivity index (χ1) is 10.8. The zero-order valence-electron chi connectivity index (χ0n) is 14.1. The van der Waals surface area contributed by atoms with Crippen LogP contribution in [0.1, 0.15) is 54.9 Å². The highest BCUT2D eigenvalue weighted by atomic mass is 19.1. The molecule has 2 rings (SSSR count). The average molecular weight is 318 g/mol. The van der Waals surface area contributed by atoms with E-state index in [1.807, 2.05) is 6.92 Å². The monoisotopic (exact) mass is 318 g/mol. The van der Waals surface area contributed by atoms with Crippen molar-refractivity contribution in [3.05, 3.63) is 53.0 Å². The molecule has 1 N–H and O–H groups in total. The van der Waals surface area contributed by atoms with Crippen LogP contribution in [0, 0.1) is 12.7 Å². The fourth-order valence-corrected chi connectivity index (χ4v) is 2.13. The molecular formula is C18H23FN2O2. The molecule has 1 heterocycles. The zero-order valence-corrected chi connectivity index (χ0v) is 14.1. The number of hydrogen-bond donors (Lipinski definition) is 1. The van der Waals surface area contributed by atoms with Crippen molar-refractivity contribution in [1.29, 1.82) is 0 Å². The quantitative estimate of drug-likeness (QED) is 0.854. The minimum atomic E-state index is -0.350. The lowest BCUT2D eigenvalue weighted by Crippen LogP contribution is -2.24. The number of carbonyl (C=O) groups is 1. The number of amides is 1. The van der Waals surface area contributed by atoms with E-state index >= 15 is 0 Å². The lowest BCUT2D eigenvalue weighted by molar-refractivity contribution is 0.0953. The Kier molecular flexibility index (Phi) is 5.19. The number of aromatic nitrogens is 1. The molecule has 1 amide bonds. The third-order valence-electron chi connectivity index (χ3n) is 3.51. The number of rotatable bonds is 5. The molecule has 0 atom stereocenters. The Morgan fingerprint density at radius 2 is 1.91 bits per heavy atom. The first-order valence-electron chi connectivity index (χ1n) is 7.78. The molecule has 0 unspecified atom stereocenters. The van der Waals surface area contributed by atoms with Crippen molar-refractivity contribution in [1.82, 2.24) is 10.3 Å². The Labute approximate surface area is 136 Å². The van der Waals surface area contributed by atoms with Crippen molar-refractivity contribution in [2.24, 2.45) is 0 Å². The molecule has 0 aliphatic carbocycles. The second kappa shape index (κ2) is 6.94. The van der Waals surface area contributed by atoms with Crippen LogP contribution >= 0.6 is 0 Å². The van der Waals surface area contributed by atoms with Gasteiger partial charge < -0.3 is 9.73 Å². The standard InChI is InChI=1S/C18H23FN2O2/c1-12-15(23-17(21-12)18(2,3)4)6-5-11-20-16(22)13-7-9-14(19)10-8-13/h7-10H,5-6,11H2,1-4H3,(H,20,22). The Hall–Kier alpha value is -2.17. The van der Waals surface area contributed by atoms with Gasteiger partial charge in [0.05, 0.1) is 5.69 Å². The lowest BCUT2D eigenvalue weighted by Gasteiger charge is -2.12. The Balaban J connectivity index is 1.82. The summed E-state index contributed by atoms with van der Waals surface area (Å²) < 4.78 is 18.6. The Morgan fingerprint density at radius 1 is 1.26 bits per heavy atom. The fourth-order valence-electron chi connectivity index (χ4n) is 2.13. The number of carbonyl (C=O) groups excluding carboxylic acids is 1. The number of hydrogen-bond acceptors (Lipinski definition) is 3. The van der Waals surface area contributed by atoms with Crippen LogP contribution in [-0.2, 0) is 11.8 Å². The molecule has 0 radical (unpaired) electrons. The van der Waals surface area contributed by atoms with Gasteiger partial charge in [-0.05, 0) is 37.6 Å². The predicted octanol–water partition coefficient (Wildman–Crippen LogP) is 3.78. The molecule has 1 aromatic heterocycles. The van der Waals surface area contributed by atoms with E-state index in [2.05, 4.69) is 31.1 Å². The summed E-state index contributed by atoms with van der Waals surface area (Å²) in [6.07, 6.45) is 1.48. The highest BCUT2D eigenvalue weighted by molar-refractivity contribution is 5.94. The number of nitrogens with one attached hydrogen (secondary N) is 1. The minimum Gasteiger partial charge on any atom is -0.445 e. The molecule has 0 aliphatic rings. The van der Waals surface area contributed by atoms with E-state index in [9.17, 15) is 9.18 Å². The first kappa shape index (κ1) is 17.2. The minimum absolute atomic E-state index is 0.111. The molecule has 4 nitrogen and oxygen atoms in total. The molecule has 2 aromatic rings. The number of aryl methyl sites for hydroxylation is 2. The SMILES string of the molecule is Cc1nc(C(C)(C)C)oc1CCCNC(=O)c1ccc(F)cc1. The molecular weight excluding hydrogens is 295 g/mol. The van der Waals surface area contributed by atoms with Gasteiger partial charge in [0.2, 0.25) is 0 Å². The van der Waals surface area contributed by atoms with Gasteiger partial charge in [-0.3, -0.25) is 4.79 Å². The number of halogens is 1. The number of benzene rings is 1. The summed E-state index contributed by atoms with van der Waals surface area (Å²) in [5.41, 5.74) is 1.25. The van der Waals surface area contributed by atoms with Crippen molar-refractivity contribution in [2.75, 3.05) is 6.54 Å². The number of nitrogens with zero attached hydrogens (tertiary/aromatic N) is 1. The molecule has 0 spiro atoms. The normalized spacial score (nSPS) is 11.5. The van der Waals surface area contributed by atoms with E-state index in [0.717, 1.165) is 30.2 Å². The van der Waals surface area contributed by atoms with Crippen LogP contribution < -0.4 is 5.32 Å². The summed E-state index contributed by atoms with van der Waals surface area (Å²) in [6, 6.07) is 5.50. The van der Waals surface area contributed by atoms with Gasteiger partial charge in [-0.25, -0.2) is 9.37 Å². The van der Waals surface area contributed by atoms with E-state index in [4.69, 9.17) is 4.42 Å². The summed E-state index contributed by atoms with van der Waals surface area (Å²) in [5, 5.41) is 2.82. The van der Waals surface area contributed by atoms with Gasteiger partial charge in [-0.2, -0.15) is 0 Å². The van der Waals surface area contributed by atoms with Crippen molar-refractivity contribution < 1.29 is 13.6 Å². The van der Waals surface area contributed by atoms with Crippen LogP contribution in [0.5, 0.6) is 0 Å². The molecule has 0 bridgehead atoms. The Morgan fingerprint density at radius 3 is 2.48 bits per heavy atom. The van der Waals surface area contributed by atoms with Gasteiger partial charge >= 0.3 is 0 Å². The van der Waals surface area contributed by atoms with E-state index < -0.39 is 0 Å². The van der Waals surface area contributed by atoms with Gasteiger partial charge in [-0.1, -0.05) is 20.8 Å². The predicted molar refractivity (Wildman–Crippen MR) is 87.0 cm³/mol. The van der Waals surface area contributed by atoms with Gasteiger partial charge in [0.1, 0.15) is 11.6 Å². The molecule has 0 saturated heterocycles. The second-order valence-corrected chi connectivity index (χ2v) is 6.64. The molecule has 5 heteroatoms. The number of oxazole rings is 1. The molecule has 0 saturated carbocycles. The fraction of sp³-hybridized carbons (Fsp3) is 0.444. The van der Waals surface area contributed by atoms with E-state index in [-0.39, 0.29) is 17.1 Å². The largest absolute Gasteiger partial charge is 0.445 e. The van der Waals surface area contributed by atoms with Gasteiger partial charge in [-0.15, -0.1) is 0 Å². The summed E-state index contributed by atoms with van der Waals surface area (Å²) in [5.74, 6) is 1.05. The van der Waals surface area contributed by atoms with Crippen LogP contribution in [0.4, 0.5) is 4.39 Å². The van der Waals surface area contributed by atoms with Crippen molar-refractivity contribution >= 4 is 5.91 Å². The molecule has 0 fully saturated rings. The molecule has 1 aromatic carbocycles. The van der Waals surface area contributed by atoms with Crippen LogP contribution in [0.15, 0.2) is 28.7 Å². The van der Waals surface area contributed by atoms with Crippen molar-refractivity contribution in [3.63, 3.8) is 0 Å². The van der Waals surface area contributed by atoms with Gasteiger partial charge in [0.25, 0.3) is 5.91 Å². The topological polar surface area (TPSA) is 55.1 Å². The maximum Gasteiger partial charge on any atom is 0.251 e. The van der Waals surface area contributed by atoms with Crippen LogP contribution in [0.2, 0.25) is 0 Å². The molecule has 124 valence electrons. The van der Waals surface area contributed by atoms with Crippen molar-refractivity contribution in [2.45, 2.75) is 46.0 Å². The van der Waals surface area contributed by atoms with Gasteiger partial charge in [0.15, 0.2) is 5.89 Å². The van der Waals surface area contributed by atoms with Crippen LogP contribution in [0.25, 0.3) is 0 Å². The van der Waals surface area contributed by atoms with Crippen molar-refractivity contribution in [3.8, 4) is 0 Å². The first-order valence-corrected chi connectivity index (χ1v) is 7.78. The molecule has 0 aliphatic heterocycles. The Bertz CT molecular complexity index is 669. The summed E-state index contributed by atoms with van der Waals surface area (Å²) in [6.45, 7) is 8.65. The third-order valence-corrected chi connectivity index (χ3v) is 3.51. The maximum absolute atomic E-state index is 12.8. The lowest BCUT2D eigenvalue weighted by atomic mass is 9.97. The molecule has 23 heavy (non-hydrogen) atoms. The highest BCUT2D eigenvalue weighted by Gasteiger charge is 2.22.